The number of hydrogen-bond acceptors (Lipinski definition) is 3. The number of halogens is 1. The van der Waals surface area contributed by atoms with Crippen LogP contribution in [-0.4, -0.2) is 19.7 Å². The molecule has 3 rings (SSSR count). The van der Waals surface area contributed by atoms with Crippen LogP contribution in [0.25, 0.3) is 0 Å². The van der Waals surface area contributed by atoms with Crippen molar-refractivity contribution in [3.05, 3.63) is 53.8 Å². The molecule has 0 aliphatic carbocycles. The molecule has 4 heteroatoms. The highest BCUT2D eigenvalue weighted by Gasteiger charge is 2.16. The molecular formula is C17H19FN2O. The summed E-state index contributed by atoms with van der Waals surface area (Å²) in [7, 11) is 0. The van der Waals surface area contributed by atoms with Gasteiger partial charge >= 0.3 is 0 Å². The first-order valence-corrected chi connectivity index (χ1v) is 7.27. The van der Waals surface area contributed by atoms with E-state index in [1.165, 1.54) is 6.07 Å². The molecule has 0 fully saturated rings. The third-order valence-electron chi connectivity index (χ3n) is 3.68. The van der Waals surface area contributed by atoms with Crippen LogP contribution < -0.4 is 15.0 Å². The second-order valence-electron chi connectivity index (χ2n) is 5.06. The van der Waals surface area contributed by atoms with Crippen LogP contribution in [0.3, 0.4) is 0 Å². The number of hydrogen-bond donors (Lipinski definition) is 1. The third-order valence-corrected chi connectivity index (χ3v) is 3.68. The van der Waals surface area contributed by atoms with Gasteiger partial charge in [0.2, 0.25) is 0 Å². The minimum atomic E-state index is -0.209. The van der Waals surface area contributed by atoms with Crippen molar-refractivity contribution < 1.29 is 9.13 Å². The zero-order valence-electron chi connectivity index (χ0n) is 12.1. The smallest absolute Gasteiger partial charge is 0.147 e. The van der Waals surface area contributed by atoms with Crippen LogP contribution in [0.2, 0.25) is 0 Å². The molecule has 0 radical (unpaired) electrons. The second-order valence-corrected chi connectivity index (χ2v) is 5.06. The molecule has 0 saturated heterocycles. The Labute approximate surface area is 124 Å². The maximum Gasteiger partial charge on any atom is 0.147 e. The molecule has 2 aromatic carbocycles. The van der Waals surface area contributed by atoms with Crippen molar-refractivity contribution in [1.82, 2.24) is 0 Å². The lowest BCUT2D eigenvalue weighted by atomic mass is 10.1. The summed E-state index contributed by atoms with van der Waals surface area (Å²) >= 11 is 0. The third kappa shape index (κ3) is 2.94. The monoisotopic (exact) mass is 286 g/mol. The number of benzene rings is 2. The summed E-state index contributed by atoms with van der Waals surface area (Å²) in [5, 5.41) is 3.34. The Balaban J connectivity index is 1.88. The zero-order chi connectivity index (χ0) is 14.7. The largest absolute Gasteiger partial charge is 0.489 e. The van der Waals surface area contributed by atoms with Gasteiger partial charge in [0.1, 0.15) is 18.2 Å². The zero-order valence-corrected chi connectivity index (χ0v) is 12.1. The Kier molecular flexibility index (Phi) is 3.95. The van der Waals surface area contributed by atoms with Gasteiger partial charge in [0.15, 0.2) is 0 Å². The van der Waals surface area contributed by atoms with Crippen molar-refractivity contribution in [2.75, 3.05) is 29.9 Å². The highest BCUT2D eigenvalue weighted by molar-refractivity contribution is 5.62. The van der Waals surface area contributed by atoms with Gasteiger partial charge in [-0.05, 0) is 31.2 Å². The van der Waals surface area contributed by atoms with Gasteiger partial charge in [0.05, 0.1) is 5.69 Å². The van der Waals surface area contributed by atoms with Crippen LogP contribution in [0, 0.1) is 5.82 Å². The molecule has 0 unspecified atom stereocenters. The van der Waals surface area contributed by atoms with Crippen molar-refractivity contribution in [2.24, 2.45) is 0 Å². The van der Waals surface area contributed by atoms with Gasteiger partial charge in [-0.3, -0.25) is 0 Å². The molecule has 3 nitrogen and oxygen atoms in total. The maximum absolute atomic E-state index is 13.4. The van der Waals surface area contributed by atoms with E-state index in [0.29, 0.717) is 13.2 Å². The van der Waals surface area contributed by atoms with Crippen LogP contribution in [0.5, 0.6) is 5.75 Å². The summed E-state index contributed by atoms with van der Waals surface area (Å²) in [5.74, 6) is 0.706. The predicted molar refractivity (Wildman–Crippen MR) is 83.6 cm³/mol. The number of rotatable bonds is 4. The summed E-state index contributed by atoms with van der Waals surface area (Å²) in [6, 6.07) is 12.8. The fourth-order valence-corrected chi connectivity index (χ4v) is 2.62. The molecule has 0 saturated carbocycles. The van der Waals surface area contributed by atoms with E-state index in [1.807, 2.05) is 18.2 Å². The molecule has 2 aromatic rings. The molecule has 0 aromatic heterocycles. The van der Waals surface area contributed by atoms with E-state index in [9.17, 15) is 4.39 Å². The van der Waals surface area contributed by atoms with E-state index in [4.69, 9.17) is 4.74 Å². The van der Waals surface area contributed by atoms with Crippen LogP contribution in [0.15, 0.2) is 42.5 Å². The van der Waals surface area contributed by atoms with E-state index in [-0.39, 0.29) is 5.82 Å². The minimum absolute atomic E-state index is 0.209. The fraction of sp³-hybridized carbons (Fsp3) is 0.294. The molecule has 1 aliphatic heterocycles. The first-order valence-electron chi connectivity index (χ1n) is 7.27. The Morgan fingerprint density at radius 3 is 2.90 bits per heavy atom. The van der Waals surface area contributed by atoms with Crippen LogP contribution in [-0.2, 0) is 6.54 Å². The van der Waals surface area contributed by atoms with E-state index in [0.717, 1.165) is 35.8 Å². The topological polar surface area (TPSA) is 24.5 Å². The first-order chi connectivity index (χ1) is 10.3. The molecule has 1 heterocycles. The van der Waals surface area contributed by atoms with Gasteiger partial charge < -0.3 is 15.0 Å². The molecule has 0 amide bonds. The SMILES string of the molecule is CCN(Cc1cccc2c1OCCN2)c1cccc(F)c1. The number of nitrogens with zero attached hydrogens (tertiary/aromatic N) is 1. The molecule has 1 aliphatic rings. The van der Waals surface area contributed by atoms with E-state index >= 15 is 0 Å². The van der Waals surface area contributed by atoms with Crippen LogP contribution >= 0.6 is 0 Å². The van der Waals surface area contributed by atoms with Crippen LogP contribution in [0.1, 0.15) is 12.5 Å². The Hall–Kier alpha value is -2.23. The molecule has 1 N–H and O–H groups in total. The van der Waals surface area contributed by atoms with Crippen molar-refractivity contribution >= 4 is 11.4 Å². The highest BCUT2D eigenvalue weighted by atomic mass is 19.1. The Morgan fingerprint density at radius 1 is 1.24 bits per heavy atom. The van der Waals surface area contributed by atoms with Gasteiger partial charge in [0.25, 0.3) is 0 Å². The molecule has 110 valence electrons. The van der Waals surface area contributed by atoms with Crippen molar-refractivity contribution in [1.29, 1.82) is 0 Å². The van der Waals surface area contributed by atoms with Crippen molar-refractivity contribution in [2.45, 2.75) is 13.5 Å². The summed E-state index contributed by atoms with van der Waals surface area (Å²) in [6.07, 6.45) is 0. The number of ether oxygens (including phenoxy) is 1. The quantitative estimate of drug-likeness (QED) is 0.928. The van der Waals surface area contributed by atoms with E-state index < -0.39 is 0 Å². The lowest BCUT2D eigenvalue weighted by Gasteiger charge is -2.27. The summed E-state index contributed by atoms with van der Waals surface area (Å²) in [6.45, 7) is 5.08. The van der Waals surface area contributed by atoms with Gasteiger partial charge in [0, 0.05) is 30.9 Å². The lowest BCUT2D eigenvalue weighted by molar-refractivity contribution is 0.319. The normalized spacial score (nSPS) is 13.0. The maximum atomic E-state index is 13.4. The number of nitrogens with one attached hydrogen (secondary N) is 1. The average Bonchev–Trinajstić information content (AvgIpc) is 2.52. The average molecular weight is 286 g/mol. The lowest BCUT2D eigenvalue weighted by Crippen LogP contribution is -2.24. The highest BCUT2D eigenvalue weighted by Crippen LogP contribution is 2.32. The number of para-hydroxylation sites is 1. The van der Waals surface area contributed by atoms with Gasteiger partial charge in [-0.2, -0.15) is 0 Å². The molecule has 21 heavy (non-hydrogen) atoms. The minimum Gasteiger partial charge on any atom is -0.489 e. The van der Waals surface area contributed by atoms with E-state index in [1.54, 1.807) is 12.1 Å². The Bertz CT molecular complexity index is 630. The summed E-state index contributed by atoms with van der Waals surface area (Å²) in [5.41, 5.74) is 3.04. The Morgan fingerprint density at radius 2 is 2.10 bits per heavy atom. The molecule has 0 atom stereocenters. The summed E-state index contributed by atoms with van der Waals surface area (Å²) in [4.78, 5) is 2.14. The standard InChI is InChI=1S/C17H19FN2O/c1-2-20(15-7-4-6-14(18)11-15)12-13-5-3-8-16-17(13)21-10-9-19-16/h3-8,11,19H,2,9-10,12H2,1H3. The first kappa shape index (κ1) is 13.7. The van der Waals surface area contributed by atoms with Crippen molar-refractivity contribution in [3.63, 3.8) is 0 Å². The molecule has 0 bridgehead atoms. The van der Waals surface area contributed by atoms with Crippen molar-refractivity contribution in [3.8, 4) is 5.75 Å². The summed E-state index contributed by atoms with van der Waals surface area (Å²) < 4.78 is 19.2. The van der Waals surface area contributed by atoms with Gasteiger partial charge in [-0.1, -0.05) is 18.2 Å². The number of fused-ring (bicyclic) bond motifs is 1. The van der Waals surface area contributed by atoms with Crippen LogP contribution in [0.4, 0.5) is 15.8 Å². The fourth-order valence-electron chi connectivity index (χ4n) is 2.62. The number of anilines is 2. The second kappa shape index (κ2) is 6.04. The van der Waals surface area contributed by atoms with E-state index in [2.05, 4.69) is 23.2 Å². The predicted octanol–water partition coefficient (Wildman–Crippen LogP) is 3.66. The van der Waals surface area contributed by atoms with Gasteiger partial charge in [-0.15, -0.1) is 0 Å². The molecule has 0 spiro atoms. The molecular weight excluding hydrogens is 267 g/mol. The van der Waals surface area contributed by atoms with Gasteiger partial charge in [-0.25, -0.2) is 4.39 Å².